The van der Waals surface area contributed by atoms with Crippen LogP contribution in [0.4, 0.5) is 0 Å². The van der Waals surface area contributed by atoms with Crippen LogP contribution in [0.2, 0.25) is 0 Å². The summed E-state index contributed by atoms with van der Waals surface area (Å²) in [5.74, 6) is 0.915. The molecule has 1 nitrogen and oxygen atoms in total. The van der Waals surface area contributed by atoms with E-state index in [0.717, 1.165) is 5.75 Å². The van der Waals surface area contributed by atoms with Crippen molar-refractivity contribution in [1.82, 2.24) is 0 Å². The molecule has 0 N–H and O–H groups in total. The quantitative estimate of drug-likeness (QED) is 0.355. The van der Waals surface area contributed by atoms with E-state index in [9.17, 15) is 0 Å². The van der Waals surface area contributed by atoms with Gasteiger partial charge in [-0.1, -0.05) is 42.5 Å². The molecule has 5 rings (SSSR count). The van der Waals surface area contributed by atoms with Gasteiger partial charge in [-0.05, 0) is 80.9 Å². The van der Waals surface area contributed by atoms with Crippen LogP contribution in [0.15, 0.2) is 54.6 Å². The van der Waals surface area contributed by atoms with Gasteiger partial charge in [0.25, 0.3) is 0 Å². The fourth-order valence-electron chi connectivity index (χ4n) is 4.36. The molecule has 4 aromatic carbocycles. The van der Waals surface area contributed by atoms with Crippen molar-refractivity contribution < 1.29 is 4.74 Å². The fraction of sp³-hybridized carbons (Fsp3) is 0.130. The minimum Gasteiger partial charge on any atom is -0.497 e. The standard InChI is InChI=1S/C23H18O/c1-13-17-11-10-16(24-3)12-20(17)14(2)22-19-9-5-7-15-6-4-8-18(21(13)22)23(15)19/h4-12H,1-3H3. The zero-order valence-electron chi connectivity index (χ0n) is 14.1. The van der Waals surface area contributed by atoms with Gasteiger partial charge in [-0.25, -0.2) is 0 Å². The van der Waals surface area contributed by atoms with Crippen molar-refractivity contribution in [2.45, 2.75) is 13.8 Å². The van der Waals surface area contributed by atoms with Gasteiger partial charge in [-0.3, -0.25) is 0 Å². The molecule has 1 heteroatoms. The molecule has 0 fully saturated rings. The van der Waals surface area contributed by atoms with E-state index < -0.39 is 0 Å². The van der Waals surface area contributed by atoms with Crippen molar-refractivity contribution in [3.8, 4) is 28.0 Å². The van der Waals surface area contributed by atoms with Gasteiger partial charge in [0, 0.05) is 0 Å². The first kappa shape index (κ1) is 13.6. The first-order valence-corrected chi connectivity index (χ1v) is 8.34. The van der Waals surface area contributed by atoms with Crippen LogP contribution < -0.4 is 4.74 Å². The minimum absolute atomic E-state index is 0.915. The number of aryl methyl sites for hydroxylation is 2. The lowest BCUT2D eigenvalue weighted by molar-refractivity contribution is 0.415. The van der Waals surface area contributed by atoms with Crippen LogP contribution in [0.3, 0.4) is 0 Å². The predicted octanol–water partition coefficient (Wildman–Crippen LogP) is 6.27. The second kappa shape index (κ2) is 4.61. The second-order valence-electron chi connectivity index (χ2n) is 6.62. The molecular weight excluding hydrogens is 292 g/mol. The molecule has 24 heavy (non-hydrogen) atoms. The highest BCUT2D eigenvalue weighted by Crippen LogP contribution is 2.52. The lowest BCUT2D eigenvalue weighted by atomic mass is 9.89. The van der Waals surface area contributed by atoms with E-state index in [0.29, 0.717) is 0 Å². The Hall–Kier alpha value is -2.80. The molecule has 0 amide bonds. The van der Waals surface area contributed by atoms with Gasteiger partial charge in [0.1, 0.15) is 5.75 Å². The average molecular weight is 310 g/mol. The molecule has 1 aliphatic carbocycles. The molecule has 1 aliphatic rings. The molecule has 0 spiro atoms. The summed E-state index contributed by atoms with van der Waals surface area (Å²) in [5, 5.41) is 5.32. The summed E-state index contributed by atoms with van der Waals surface area (Å²) in [4.78, 5) is 0. The summed E-state index contributed by atoms with van der Waals surface area (Å²) < 4.78 is 5.46. The Morgan fingerprint density at radius 1 is 0.708 bits per heavy atom. The highest BCUT2D eigenvalue weighted by atomic mass is 16.5. The Kier molecular flexibility index (Phi) is 2.62. The molecule has 0 unspecified atom stereocenters. The van der Waals surface area contributed by atoms with Crippen molar-refractivity contribution in [3.63, 3.8) is 0 Å². The Bertz CT molecular complexity index is 1150. The first-order chi connectivity index (χ1) is 11.7. The molecule has 0 atom stereocenters. The summed E-state index contributed by atoms with van der Waals surface area (Å²) in [5.41, 5.74) is 8.22. The number of ether oxygens (including phenoxy) is 1. The summed E-state index contributed by atoms with van der Waals surface area (Å²) in [6.07, 6.45) is 0. The number of hydrogen-bond acceptors (Lipinski definition) is 1. The molecule has 4 aromatic rings. The third-order valence-corrected chi connectivity index (χ3v) is 5.48. The first-order valence-electron chi connectivity index (χ1n) is 8.34. The average Bonchev–Trinajstić information content (AvgIpc) is 2.96. The van der Waals surface area contributed by atoms with Crippen molar-refractivity contribution in [3.05, 3.63) is 65.7 Å². The van der Waals surface area contributed by atoms with Gasteiger partial charge in [-0.15, -0.1) is 0 Å². The highest BCUT2D eigenvalue weighted by molar-refractivity contribution is 6.19. The SMILES string of the molecule is COc1ccc2c(C)c3c(c(C)c2c1)-c1cccc2cccc-3c12. The highest BCUT2D eigenvalue weighted by Gasteiger charge is 2.26. The van der Waals surface area contributed by atoms with Crippen molar-refractivity contribution in [1.29, 1.82) is 0 Å². The van der Waals surface area contributed by atoms with Crippen molar-refractivity contribution >= 4 is 21.5 Å². The topological polar surface area (TPSA) is 9.23 Å². The Morgan fingerprint density at radius 2 is 1.33 bits per heavy atom. The van der Waals surface area contributed by atoms with Gasteiger partial charge < -0.3 is 4.74 Å². The minimum atomic E-state index is 0.915. The van der Waals surface area contributed by atoms with Gasteiger partial charge in [0.15, 0.2) is 0 Å². The molecule has 0 aliphatic heterocycles. The molecule has 0 saturated carbocycles. The molecule has 0 heterocycles. The van der Waals surface area contributed by atoms with Crippen LogP contribution in [-0.2, 0) is 0 Å². The van der Waals surface area contributed by atoms with Gasteiger partial charge in [-0.2, -0.15) is 0 Å². The van der Waals surface area contributed by atoms with E-state index >= 15 is 0 Å². The van der Waals surface area contributed by atoms with E-state index in [-0.39, 0.29) is 0 Å². The summed E-state index contributed by atoms with van der Waals surface area (Å²) >= 11 is 0. The summed E-state index contributed by atoms with van der Waals surface area (Å²) in [7, 11) is 1.73. The van der Waals surface area contributed by atoms with Crippen molar-refractivity contribution in [2.75, 3.05) is 7.11 Å². The summed E-state index contributed by atoms with van der Waals surface area (Å²) in [6, 6.07) is 19.7. The monoisotopic (exact) mass is 310 g/mol. The molecular formula is C23H18O. The number of rotatable bonds is 1. The van der Waals surface area contributed by atoms with Crippen LogP contribution in [0, 0.1) is 13.8 Å². The Labute approximate surface area is 141 Å². The van der Waals surface area contributed by atoms with E-state index in [2.05, 4.69) is 68.4 Å². The number of hydrogen-bond donors (Lipinski definition) is 0. The lowest BCUT2D eigenvalue weighted by Gasteiger charge is -2.16. The molecule has 0 bridgehead atoms. The second-order valence-corrected chi connectivity index (χ2v) is 6.62. The zero-order chi connectivity index (χ0) is 16.4. The third kappa shape index (κ3) is 1.54. The van der Waals surface area contributed by atoms with Crippen LogP contribution in [0.1, 0.15) is 11.1 Å². The normalized spacial score (nSPS) is 12.0. The lowest BCUT2D eigenvalue weighted by Crippen LogP contribution is -1.92. The fourth-order valence-corrected chi connectivity index (χ4v) is 4.36. The third-order valence-electron chi connectivity index (χ3n) is 5.48. The Morgan fingerprint density at radius 3 is 1.96 bits per heavy atom. The number of benzene rings is 4. The van der Waals surface area contributed by atoms with Crippen LogP contribution in [0.5, 0.6) is 5.75 Å². The maximum Gasteiger partial charge on any atom is 0.119 e. The largest absolute Gasteiger partial charge is 0.497 e. The predicted molar refractivity (Wildman–Crippen MR) is 102 cm³/mol. The number of methoxy groups -OCH3 is 1. The van der Waals surface area contributed by atoms with E-state index in [1.54, 1.807) is 7.11 Å². The van der Waals surface area contributed by atoms with Gasteiger partial charge >= 0.3 is 0 Å². The van der Waals surface area contributed by atoms with E-state index in [1.807, 2.05) is 0 Å². The van der Waals surface area contributed by atoms with E-state index in [1.165, 1.54) is 54.9 Å². The van der Waals surface area contributed by atoms with Gasteiger partial charge in [0.2, 0.25) is 0 Å². The van der Waals surface area contributed by atoms with Crippen LogP contribution >= 0.6 is 0 Å². The maximum atomic E-state index is 5.46. The molecule has 0 radical (unpaired) electrons. The smallest absolute Gasteiger partial charge is 0.119 e. The van der Waals surface area contributed by atoms with Crippen LogP contribution in [-0.4, -0.2) is 7.11 Å². The molecule has 0 aromatic heterocycles. The van der Waals surface area contributed by atoms with Gasteiger partial charge in [0.05, 0.1) is 7.11 Å². The number of fused-ring (bicyclic) bond motifs is 4. The van der Waals surface area contributed by atoms with E-state index in [4.69, 9.17) is 4.74 Å². The van der Waals surface area contributed by atoms with Crippen molar-refractivity contribution in [2.24, 2.45) is 0 Å². The summed E-state index contributed by atoms with van der Waals surface area (Å²) in [6.45, 7) is 4.49. The molecule has 0 saturated heterocycles. The Balaban J connectivity index is 2.02. The zero-order valence-corrected chi connectivity index (χ0v) is 14.1. The van der Waals surface area contributed by atoms with Crippen LogP contribution in [0.25, 0.3) is 43.8 Å². The maximum absolute atomic E-state index is 5.46. The molecule has 116 valence electrons.